The van der Waals surface area contributed by atoms with Gasteiger partial charge in [0.25, 0.3) is 0 Å². The van der Waals surface area contributed by atoms with Crippen molar-refractivity contribution in [1.82, 2.24) is 10.2 Å². The van der Waals surface area contributed by atoms with Gasteiger partial charge in [0, 0.05) is 30.8 Å². The van der Waals surface area contributed by atoms with Crippen molar-refractivity contribution in [2.75, 3.05) is 20.6 Å². The number of carbonyl (C=O) groups is 2. The maximum absolute atomic E-state index is 12.0. The van der Waals surface area contributed by atoms with Crippen LogP contribution in [-0.4, -0.2) is 43.3 Å². The van der Waals surface area contributed by atoms with E-state index < -0.39 is 0 Å². The highest BCUT2D eigenvalue weighted by atomic mass is 16.2. The molecule has 0 saturated heterocycles. The van der Waals surface area contributed by atoms with E-state index in [9.17, 15) is 9.59 Å². The van der Waals surface area contributed by atoms with Gasteiger partial charge in [-0.05, 0) is 19.5 Å². The number of hydrogen-bond donors (Lipinski definition) is 1. The Labute approximate surface area is 124 Å². The van der Waals surface area contributed by atoms with Crippen molar-refractivity contribution in [3.05, 3.63) is 0 Å². The minimum absolute atomic E-state index is 0.00599. The van der Waals surface area contributed by atoms with Crippen LogP contribution < -0.4 is 5.32 Å². The molecular formula is C16H32N2O2. The summed E-state index contributed by atoms with van der Waals surface area (Å²) in [4.78, 5) is 25.9. The second-order valence-corrected chi connectivity index (χ2v) is 7.92. The van der Waals surface area contributed by atoms with Crippen LogP contribution in [0.4, 0.5) is 0 Å². The topological polar surface area (TPSA) is 49.4 Å². The average molecular weight is 284 g/mol. The molecule has 118 valence electrons. The van der Waals surface area contributed by atoms with Crippen molar-refractivity contribution >= 4 is 11.7 Å². The van der Waals surface area contributed by atoms with Crippen LogP contribution >= 0.6 is 0 Å². The van der Waals surface area contributed by atoms with E-state index in [2.05, 4.69) is 31.0 Å². The van der Waals surface area contributed by atoms with Crippen LogP contribution in [0.3, 0.4) is 0 Å². The fourth-order valence-corrected chi connectivity index (χ4v) is 1.77. The third-order valence-electron chi connectivity index (χ3n) is 3.34. The first-order valence-corrected chi connectivity index (χ1v) is 7.31. The zero-order valence-corrected chi connectivity index (χ0v) is 14.5. The Kier molecular flexibility index (Phi) is 6.88. The molecule has 0 aliphatic carbocycles. The summed E-state index contributed by atoms with van der Waals surface area (Å²) in [6, 6.07) is 0.0785. The van der Waals surface area contributed by atoms with Gasteiger partial charge in [-0.3, -0.25) is 9.59 Å². The Morgan fingerprint density at radius 3 is 1.85 bits per heavy atom. The number of carbonyl (C=O) groups excluding carboxylic acids is 2. The van der Waals surface area contributed by atoms with Gasteiger partial charge in [0.05, 0.1) is 0 Å². The van der Waals surface area contributed by atoms with E-state index in [-0.39, 0.29) is 35.0 Å². The number of rotatable bonds is 6. The summed E-state index contributed by atoms with van der Waals surface area (Å²) in [6.45, 7) is 12.8. The maximum Gasteiger partial charge on any atom is 0.220 e. The van der Waals surface area contributed by atoms with Crippen molar-refractivity contribution in [3.8, 4) is 0 Å². The van der Waals surface area contributed by atoms with Gasteiger partial charge < -0.3 is 10.2 Å². The number of amides is 1. The molecule has 0 aliphatic heterocycles. The SMILES string of the molecule is CN(C)CC(NC(=O)CCC(=O)C(C)(C)C)C(C)(C)C. The Morgan fingerprint density at radius 1 is 1.00 bits per heavy atom. The molecule has 0 fully saturated rings. The summed E-state index contributed by atoms with van der Waals surface area (Å²) in [7, 11) is 3.99. The lowest BCUT2D eigenvalue weighted by Crippen LogP contribution is -2.49. The van der Waals surface area contributed by atoms with Crippen LogP contribution in [0.5, 0.6) is 0 Å². The van der Waals surface area contributed by atoms with Crippen LogP contribution in [0.25, 0.3) is 0 Å². The molecule has 0 heterocycles. The molecule has 0 rings (SSSR count). The van der Waals surface area contributed by atoms with E-state index in [1.807, 2.05) is 34.9 Å². The molecule has 0 bridgehead atoms. The highest BCUT2D eigenvalue weighted by molar-refractivity contribution is 5.88. The monoisotopic (exact) mass is 284 g/mol. The van der Waals surface area contributed by atoms with Gasteiger partial charge in [-0.15, -0.1) is 0 Å². The summed E-state index contributed by atoms with van der Waals surface area (Å²) < 4.78 is 0. The minimum Gasteiger partial charge on any atom is -0.352 e. The van der Waals surface area contributed by atoms with Gasteiger partial charge in [0.2, 0.25) is 5.91 Å². The van der Waals surface area contributed by atoms with Crippen molar-refractivity contribution in [2.45, 2.75) is 60.4 Å². The summed E-state index contributed by atoms with van der Waals surface area (Å²) in [5, 5.41) is 3.06. The van der Waals surface area contributed by atoms with Gasteiger partial charge in [0.1, 0.15) is 5.78 Å². The Morgan fingerprint density at radius 2 is 1.50 bits per heavy atom. The fourth-order valence-electron chi connectivity index (χ4n) is 1.77. The molecule has 0 aromatic rings. The quantitative estimate of drug-likeness (QED) is 0.815. The molecule has 4 heteroatoms. The summed E-state index contributed by atoms with van der Waals surface area (Å²) in [5.41, 5.74) is -0.374. The van der Waals surface area contributed by atoms with Gasteiger partial charge in [-0.25, -0.2) is 0 Å². The Bertz CT molecular complexity index is 335. The third kappa shape index (κ3) is 7.63. The smallest absolute Gasteiger partial charge is 0.220 e. The third-order valence-corrected chi connectivity index (χ3v) is 3.34. The van der Waals surface area contributed by atoms with Crippen LogP contribution in [0, 0.1) is 10.8 Å². The van der Waals surface area contributed by atoms with Gasteiger partial charge in [-0.1, -0.05) is 41.5 Å². The Balaban J connectivity index is 4.45. The standard InChI is InChI=1S/C16H32N2O2/c1-15(2,3)12(11-18(7)8)17-14(20)10-9-13(19)16(4,5)6/h12H,9-11H2,1-8H3,(H,17,20). The van der Waals surface area contributed by atoms with Crippen LogP contribution in [0.1, 0.15) is 54.4 Å². The molecule has 20 heavy (non-hydrogen) atoms. The first kappa shape index (κ1) is 19.1. The summed E-state index contributed by atoms with van der Waals surface area (Å²) in [6.07, 6.45) is 0.588. The van der Waals surface area contributed by atoms with Gasteiger partial charge >= 0.3 is 0 Å². The van der Waals surface area contributed by atoms with Crippen molar-refractivity contribution in [3.63, 3.8) is 0 Å². The maximum atomic E-state index is 12.0. The first-order chi connectivity index (χ1) is 8.84. The van der Waals surface area contributed by atoms with Crippen LogP contribution in [0.15, 0.2) is 0 Å². The van der Waals surface area contributed by atoms with Gasteiger partial charge in [-0.2, -0.15) is 0 Å². The predicted octanol–water partition coefficient (Wildman–Crippen LogP) is 2.47. The normalized spacial score (nSPS) is 14.2. The molecule has 0 aromatic heterocycles. The molecule has 1 unspecified atom stereocenters. The molecule has 1 atom stereocenters. The van der Waals surface area contributed by atoms with Crippen molar-refractivity contribution in [1.29, 1.82) is 0 Å². The predicted molar refractivity (Wildman–Crippen MR) is 83.6 cm³/mol. The van der Waals surface area contributed by atoms with E-state index in [4.69, 9.17) is 0 Å². The minimum atomic E-state index is -0.368. The molecule has 4 nitrogen and oxygen atoms in total. The lowest BCUT2D eigenvalue weighted by Gasteiger charge is -2.33. The largest absolute Gasteiger partial charge is 0.352 e. The number of hydrogen-bond acceptors (Lipinski definition) is 3. The van der Waals surface area contributed by atoms with Crippen LogP contribution in [-0.2, 0) is 9.59 Å². The second-order valence-electron chi connectivity index (χ2n) is 7.92. The van der Waals surface area contributed by atoms with Crippen molar-refractivity contribution in [2.24, 2.45) is 10.8 Å². The highest BCUT2D eigenvalue weighted by Crippen LogP contribution is 2.21. The van der Waals surface area contributed by atoms with E-state index >= 15 is 0 Å². The number of ketones is 1. The molecular weight excluding hydrogens is 252 g/mol. The number of likely N-dealkylation sites (N-methyl/N-ethyl adjacent to an activating group) is 1. The summed E-state index contributed by atoms with van der Waals surface area (Å²) >= 11 is 0. The first-order valence-electron chi connectivity index (χ1n) is 7.31. The second kappa shape index (κ2) is 7.21. The molecule has 1 N–H and O–H groups in total. The number of nitrogens with zero attached hydrogens (tertiary/aromatic N) is 1. The van der Waals surface area contributed by atoms with Crippen molar-refractivity contribution < 1.29 is 9.59 Å². The zero-order chi connectivity index (χ0) is 16.1. The molecule has 0 radical (unpaired) electrons. The molecule has 0 aliphatic rings. The number of nitrogens with one attached hydrogen (secondary N) is 1. The average Bonchev–Trinajstić information content (AvgIpc) is 2.21. The van der Waals surface area contributed by atoms with E-state index in [1.165, 1.54) is 0 Å². The van der Waals surface area contributed by atoms with E-state index in [1.54, 1.807) is 0 Å². The van der Waals surface area contributed by atoms with Crippen LogP contribution in [0.2, 0.25) is 0 Å². The lowest BCUT2D eigenvalue weighted by molar-refractivity contribution is -0.130. The molecule has 0 saturated carbocycles. The lowest BCUT2D eigenvalue weighted by atomic mass is 9.86. The highest BCUT2D eigenvalue weighted by Gasteiger charge is 2.27. The number of Topliss-reactive ketones (excluding diaryl/α,β-unsaturated/α-hetero) is 1. The molecule has 0 spiro atoms. The molecule has 1 amide bonds. The Hall–Kier alpha value is -0.900. The van der Waals surface area contributed by atoms with E-state index in [0.29, 0.717) is 6.42 Å². The van der Waals surface area contributed by atoms with E-state index in [0.717, 1.165) is 6.54 Å². The zero-order valence-electron chi connectivity index (χ0n) is 14.5. The fraction of sp³-hybridized carbons (Fsp3) is 0.875. The van der Waals surface area contributed by atoms with Gasteiger partial charge in [0.15, 0.2) is 0 Å². The molecule has 0 aromatic carbocycles. The summed E-state index contributed by atoms with van der Waals surface area (Å²) in [5.74, 6) is 0.0944.